The van der Waals surface area contributed by atoms with Gasteiger partial charge in [-0.15, -0.1) is 0 Å². The molecule has 0 radical (unpaired) electrons. The van der Waals surface area contributed by atoms with Crippen LogP contribution in [-0.2, 0) is 18.8 Å². The van der Waals surface area contributed by atoms with Crippen LogP contribution >= 0.6 is 0 Å². The van der Waals surface area contributed by atoms with Crippen molar-refractivity contribution in [3.63, 3.8) is 0 Å². The molecule has 0 aliphatic carbocycles. The molecular formula is C24H20F6N2O. The van der Waals surface area contributed by atoms with Crippen LogP contribution in [0.1, 0.15) is 27.0 Å². The number of amides is 1. The van der Waals surface area contributed by atoms with Gasteiger partial charge in [0.15, 0.2) is 0 Å². The standard InChI is InChI=1S/C24H20F6N2O/c1-32(19-7-3-2-4-8-19)21-10-6-5-9-20(21)22(33)31-12-11-16-13-17(23(25,26)27)15-18(14-16)24(28,29)30/h2-10,13-15H,11-12H2,1H3,(H,31,33). The summed E-state index contributed by atoms with van der Waals surface area (Å²) in [6.07, 6.45) is -10.0. The van der Waals surface area contributed by atoms with E-state index in [1.165, 1.54) is 0 Å². The van der Waals surface area contributed by atoms with Crippen molar-refractivity contribution in [1.29, 1.82) is 0 Å². The molecule has 0 spiro atoms. The van der Waals surface area contributed by atoms with Gasteiger partial charge in [-0.05, 0) is 54.4 Å². The number of carbonyl (C=O) groups is 1. The highest BCUT2D eigenvalue weighted by atomic mass is 19.4. The van der Waals surface area contributed by atoms with E-state index >= 15 is 0 Å². The van der Waals surface area contributed by atoms with E-state index in [1.54, 1.807) is 36.2 Å². The average Bonchev–Trinajstić information content (AvgIpc) is 2.77. The molecule has 3 aromatic carbocycles. The summed E-state index contributed by atoms with van der Waals surface area (Å²) in [5.74, 6) is -0.489. The highest BCUT2D eigenvalue weighted by Gasteiger charge is 2.36. The highest BCUT2D eigenvalue weighted by molar-refractivity contribution is 6.00. The zero-order chi connectivity index (χ0) is 24.2. The fourth-order valence-electron chi connectivity index (χ4n) is 3.33. The van der Waals surface area contributed by atoms with Crippen LogP contribution in [0.15, 0.2) is 72.8 Å². The molecule has 0 heterocycles. The molecule has 0 unspecified atom stereocenters. The zero-order valence-corrected chi connectivity index (χ0v) is 17.5. The molecule has 33 heavy (non-hydrogen) atoms. The molecular weight excluding hydrogens is 446 g/mol. The quantitative estimate of drug-likeness (QED) is 0.423. The second-order valence-corrected chi connectivity index (χ2v) is 7.33. The molecule has 0 aromatic heterocycles. The third-order valence-electron chi connectivity index (χ3n) is 5.00. The van der Waals surface area contributed by atoms with E-state index in [0.29, 0.717) is 23.4 Å². The molecule has 9 heteroatoms. The second kappa shape index (κ2) is 9.56. The molecule has 174 valence electrons. The summed E-state index contributed by atoms with van der Waals surface area (Å²) in [7, 11) is 1.78. The van der Waals surface area contributed by atoms with E-state index in [9.17, 15) is 31.1 Å². The number of rotatable bonds is 6. The Balaban J connectivity index is 1.75. The Morgan fingerprint density at radius 3 is 1.94 bits per heavy atom. The monoisotopic (exact) mass is 466 g/mol. The predicted octanol–water partition coefficient (Wildman–Crippen LogP) is 6.46. The van der Waals surface area contributed by atoms with Crippen molar-refractivity contribution in [2.45, 2.75) is 18.8 Å². The number of nitrogens with zero attached hydrogens (tertiary/aromatic N) is 1. The van der Waals surface area contributed by atoms with Crippen LogP contribution in [0.2, 0.25) is 0 Å². The first-order chi connectivity index (χ1) is 15.5. The molecule has 1 amide bonds. The molecule has 0 saturated heterocycles. The normalized spacial score (nSPS) is 11.8. The van der Waals surface area contributed by atoms with Crippen molar-refractivity contribution in [3.05, 3.63) is 95.1 Å². The number of benzene rings is 3. The highest BCUT2D eigenvalue weighted by Crippen LogP contribution is 2.36. The fourth-order valence-corrected chi connectivity index (χ4v) is 3.33. The molecule has 0 fully saturated rings. The lowest BCUT2D eigenvalue weighted by Gasteiger charge is -2.22. The van der Waals surface area contributed by atoms with Gasteiger partial charge in [-0.25, -0.2) is 0 Å². The Morgan fingerprint density at radius 2 is 1.36 bits per heavy atom. The summed E-state index contributed by atoms with van der Waals surface area (Å²) < 4.78 is 78.2. The van der Waals surface area contributed by atoms with Crippen molar-refractivity contribution < 1.29 is 31.1 Å². The molecule has 0 aliphatic rings. The lowest BCUT2D eigenvalue weighted by atomic mass is 10.0. The first kappa shape index (κ1) is 24.2. The summed E-state index contributed by atoms with van der Waals surface area (Å²) in [6.45, 7) is -0.138. The average molecular weight is 466 g/mol. The van der Waals surface area contributed by atoms with E-state index in [2.05, 4.69) is 5.32 Å². The van der Waals surface area contributed by atoms with E-state index < -0.39 is 29.4 Å². The maximum Gasteiger partial charge on any atom is 0.416 e. The van der Waals surface area contributed by atoms with E-state index in [4.69, 9.17) is 0 Å². The first-order valence-corrected chi connectivity index (χ1v) is 9.91. The Bertz CT molecular complexity index is 1080. The Hall–Kier alpha value is -3.49. The fraction of sp³-hybridized carbons (Fsp3) is 0.208. The van der Waals surface area contributed by atoms with Gasteiger partial charge in [-0.1, -0.05) is 30.3 Å². The van der Waals surface area contributed by atoms with Crippen LogP contribution in [0, 0.1) is 0 Å². The van der Waals surface area contributed by atoms with Crippen LogP contribution in [-0.4, -0.2) is 19.5 Å². The third-order valence-corrected chi connectivity index (χ3v) is 5.00. The van der Waals surface area contributed by atoms with Crippen LogP contribution in [0.4, 0.5) is 37.7 Å². The van der Waals surface area contributed by atoms with Gasteiger partial charge in [-0.3, -0.25) is 4.79 Å². The van der Waals surface area contributed by atoms with Crippen molar-refractivity contribution in [3.8, 4) is 0 Å². The molecule has 0 saturated carbocycles. The van der Waals surface area contributed by atoms with Gasteiger partial charge in [0, 0.05) is 19.3 Å². The smallest absolute Gasteiger partial charge is 0.352 e. The van der Waals surface area contributed by atoms with Gasteiger partial charge < -0.3 is 10.2 Å². The zero-order valence-electron chi connectivity index (χ0n) is 17.5. The van der Waals surface area contributed by atoms with Gasteiger partial charge in [-0.2, -0.15) is 26.3 Å². The first-order valence-electron chi connectivity index (χ1n) is 9.91. The minimum Gasteiger partial charge on any atom is -0.352 e. The van der Waals surface area contributed by atoms with Gasteiger partial charge in [0.1, 0.15) is 0 Å². The number of hydrogen-bond acceptors (Lipinski definition) is 2. The molecule has 3 nitrogen and oxygen atoms in total. The molecule has 3 rings (SSSR count). The summed E-state index contributed by atoms with van der Waals surface area (Å²) >= 11 is 0. The largest absolute Gasteiger partial charge is 0.416 e. The van der Waals surface area contributed by atoms with Gasteiger partial charge in [0.05, 0.1) is 22.4 Å². The van der Waals surface area contributed by atoms with Crippen LogP contribution in [0.5, 0.6) is 0 Å². The predicted molar refractivity (Wildman–Crippen MR) is 113 cm³/mol. The minimum absolute atomic E-state index is 0.0811. The van der Waals surface area contributed by atoms with Crippen LogP contribution < -0.4 is 10.2 Å². The molecule has 3 aromatic rings. The topological polar surface area (TPSA) is 32.3 Å². The molecule has 1 N–H and O–H groups in total. The number of alkyl halides is 6. The lowest BCUT2D eigenvalue weighted by Crippen LogP contribution is -2.27. The van der Waals surface area contributed by atoms with E-state index in [0.717, 1.165) is 5.69 Å². The summed E-state index contributed by atoms with van der Waals surface area (Å²) in [5, 5.41) is 2.58. The minimum atomic E-state index is -4.92. The molecule has 0 atom stereocenters. The maximum absolute atomic E-state index is 13.0. The second-order valence-electron chi connectivity index (χ2n) is 7.33. The van der Waals surface area contributed by atoms with Crippen LogP contribution in [0.3, 0.4) is 0 Å². The number of anilines is 2. The number of halogens is 6. The molecule has 0 bridgehead atoms. The van der Waals surface area contributed by atoms with Gasteiger partial charge in [0.25, 0.3) is 5.91 Å². The van der Waals surface area contributed by atoms with Crippen molar-refractivity contribution in [2.24, 2.45) is 0 Å². The van der Waals surface area contributed by atoms with E-state index in [1.807, 2.05) is 30.3 Å². The Labute approximate surface area is 186 Å². The van der Waals surface area contributed by atoms with Crippen molar-refractivity contribution in [1.82, 2.24) is 5.32 Å². The van der Waals surface area contributed by atoms with Crippen molar-refractivity contribution >= 4 is 17.3 Å². The summed E-state index contributed by atoms with van der Waals surface area (Å²) in [5.41, 5.74) is -1.18. The van der Waals surface area contributed by atoms with E-state index in [-0.39, 0.29) is 24.6 Å². The van der Waals surface area contributed by atoms with Gasteiger partial charge in [0.2, 0.25) is 0 Å². The Kier molecular flexibility index (Phi) is 7.00. The molecule has 0 aliphatic heterocycles. The van der Waals surface area contributed by atoms with Gasteiger partial charge >= 0.3 is 12.4 Å². The SMILES string of the molecule is CN(c1ccccc1)c1ccccc1C(=O)NCCc1cc(C(F)(F)F)cc(C(F)(F)F)c1. The number of carbonyl (C=O) groups excluding carboxylic acids is 1. The number of para-hydroxylation sites is 2. The lowest BCUT2D eigenvalue weighted by molar-refractivity contribution is -0.143. The summed E-state index contributed by atoms with van der Waals surface area (Å²) in [4.78, 5) is 14.5. The van der Waals surface area contributed by atoms with Crippen LogP contribution in [0.25, 0.3) is 0 Å². The third kappa shape index (κ3) is 6.06. The Morgan fingerprint density at radius 1 is 0.818 bits per heavy atom. The maximum atomic E-state index is 13.0. The summed E-state index contributed by atoms with van der Waals surface area (Å²) in [6, 6.07) is 17.4. The number of nitrogens with one attached hydrogen (secondary N) is 1. The number of hydrogen-bond donors (Lipinski definition) is 1. The van der Waals surface area contributed by atoms with Crippen molar-refractivity contribution in [2.75, 3.05) is 18.5 Å².